The van der Waals surface area contributed by atoms with E-state index in [0.717, 1.165) is 34.0 Å². The molecular formula is C33H39ClN4O8. The van der Waals surface area contributed by atoms with Gasteiger partial charge in [0, 0.05) is 53.8 Å². The zero-order valence-electron chi connectivity index (χ0n) is 25.6. The summed E-state index contributed by atoms with van der Waals surface area (Å²) in [5.41, 5.74) is 9.46. The molecule has 0 radical (unpaired) electrons. The summed E-state index contributed by atoms with van der Waals surface area (Å²) in [6.07, 6.45) is -7.31. The van der Waals surface area contributed by atoms with E-state index >= 15 is 0 Å². The monoisotopic (exact) mass is 654 g/mol. The van der Waals surface area contributed by atoms with E-state index < -0.39 is 37.3 Å². The van der Waals surface area contributed by atoms with Crippen molar-refractivity contribution in [3.05, 3.63) is 65.4 Å². The predicted molar refractivity (Wildman–Crippen MR) is 174 cm³/mol. The Morgan fingerprint density at radius 1 is 1.09 bits per heavy atom. The molecule has 6 atom stereocenters. The Kier molecular flexibility index (Phi) is 9.42. The van der Waals surface area contributed by atoms with Crippen molar-refractivity contribution in [2.75, 3.05) is 51.2 Å². The number of aromatic nitrogens is 1. The topological polar surface area (TPSA) is 174 Å². The van der Waals surface area contributed by atoms with Gasteiger partial charge in [-0.2, -0.15) is 0 Å². The van der Waals surface area contributed by atoms with Crippen LogP contribution < -0.4 is 20.1 Å². The fourth-order valence-corrected chi connectivity index (χ4v) is 6.40. The molecule has 2 aliphatic rings. The zero-order chi connectivity index (χ0) is 32.7. The first kappa shape index (κ1) is 32.5. The minimum Gasteiger partial charge on any atom is -0.492 e. The average molecular weight is 655 g/mol. The summed E-state index contributed by atoms with van der Waals surface area (Å²) >= 11 is 6.50. The average Bonchev–Trinajstić information content (AvgIpc) is 3.65. The van der Waals surface area contributed by atoms with Gasteiger partial charge in [-0.15, -0.1) is 11.6 Å². The Balaban J connectivity index is 1.38. The lowest BCUT2D eigenvalue weighted by molar-refractivity contribution is -0.277. The van der Waals surface area contributed by atoms with Crippen LogP contribution in [0.1, 0.15) is 27.5 Å². The van der Waals surface area contributed by atoms with E-state index in [1.165, 1.54) is 0 Å². The number of H-pyrrole nitrogens is 1. The summed E-state index contributed by atoms with van der Waals surface area (Å²) in [5.74, 6) is 0.766. The van der Waals surface area contributed by atoms with Crippen LogP contribution in [-0.4, -0.2) is 113 Å². The standard InChI is InChI=1S/C33H39ClN4O8/c1-37(2)7-8-44-20-4-6-23-18(10-20)11-24(36-23)32(43)38-15-19(13-34)28-22-9-17(14-35)3-5-21(22)26(12-25(28)38)45-33-31(42)30(41)29(40)27(16-39)46-33/h3-6,9-12,19,27,29-31,33,36,39-42H,7-8,13-16,35H2,1-2H3/t19-,27-,29+,30+,31-,33-/m1/s1. The lowest BCUT2D eigenvalue weighted by atomic mass is 9.94. The molecule has 1 aromatic heterocycles. The second kappa shape index (κ2) is 13.3. The first-order valence-corrected chi connectivity index (χ1v) is 15.7. The number of aromatic amines is 1. The number of hydrogen-bond donors (Lipinski definition) is 6. The molecule has 13 heteroatoms. The molecule has 2 aliphatic heterocycles. The summed E-state index contributed by atoms with van der Waals surface area (Å²) in [6.45, 7) is 1.31. The molecule has 0 aliphatic carbocycles. The van der Waals surface area contributed by atoms with Gasteiger partial charge in [-0.3, -0.25) is 4.79 Å². The van der Waals surface area contributed by atoms with E-state index in [0.29, 0.717) is 35.7 Å². The number of aliphatic hydroxyl groups is 4. The molecule has 0 bridgehead atoms. The zero-order valence-corrected chi connectivity index (χ0v) is 26.4. The van der Waals surface area contributed by atoms with Crippen LogP contribution in [0.4, 0.5) is 5.69 Å². The highest BCUT2D eigenvalue weighted by Gasteiger charge is 2.45. The number of carbonyl (C=O) groups is 1. The Morgan fingerprint density at radius 2 is 1.89 bits per heavy atom. The number of hydrogen-bond acceptors (Lipinski definition) is 10. The number of aliphatic hydroxyl groups excluding tert-OH is 4. The number of ether oxygens (including phenoxy) is 3. The number of rotatable bonds is 10. The highest BCUT2D eigenvalue weighted by molar-refractivity contribution is 6.19. The van der Waals surface area contributed by atoms with E-state index in [4.69, 9.17) is 31.5 Å². The molecule has 1 fully saturated rings. The molecule has 0 unspecified atom stereocenters. The highest BCUT2D eigenvalue weighted by atomic mass is 35.5. The van der Waals surface area contributed by atoms with Crippen LogP contribution in [0.2, 0.25) is 0 Å². The number of anilines is 1. The van der Waals surface area contributed by atoms with Crippen LogP contribution in [-0.2, 0) is 11.3 Å². The van der Waals surface area contributed by atoms with E-state index in [1.54, 1.807) is 17.0 Å². The molecule has 1 amide bonds. The SMILES string of the molecule is CN(C)CCOc1ccc2[nH]c(C(=O)N3C[C@@H](CCl)c4c3cc(O[C@@H]3O[C@H](CO)[C@H](O)[C@H](O)[C@H]3O)c3ccc(CN)cc43)cc2c1. The number of amides is 1. The largest absolute Gasteiger partial charge is 0.492 e. The number of halogens is 1. The lowest BCUT2D eigenvalue weighted by Gasteiger charge is -2.39. The van der Waals surface area contributed by atoms with Gasteiger partial charge in [0.2, 0.25) is 6.29 Å². The Morgan fingerprint density at radius 3 is 2.61 bits per heavy atom. The molecule has 246 valence electrons. The van der Waals surface area contributed by atoms with Gasteiger partial charge < -0.3 is 55.2 Å². The summed E-state index contributed by atoms with van der Waals surface area (Å²) < 4.78 is 17.7. The fraction of sp³-hybridized carbons (Fsp3) is 0.424. The summed E-state index contributed by atoms with van der Waals surface area (Å²) in [5, 5.41) is 43.3. The lowest BCUT2D eigenvalue weighted by Crippen LogP contribution is -2.60. The van der Waals surface area contributed by atoms with E-state index in [9.17, 15) is 25.2 Å². The van der Waals surface area contributed by atoms with Gasteiger partial charge in [0.05, 0.1) is 12.3 Å². The first-order chi connectivity index (χ1) is 22.1. The van der Waals surface area contributed by atoms with E-state index in [2.05, 4.69) is 4.98 Å². The predicted octanol–water partition coefficient (Wildman–Crippen LogP) is 1.88. The van der Waals surface area contributed by atoms with Crippen LogP contribution in [0.15, 0.2) is 48.5 Å². The highest BCUT2D eigenvalue weighted by Crippen LogP contribution is 2.47. The van der Waals surface area contributed by atoms with Crippen molar-refractivity contribution in [3.8, 4) is 11.5 Å². The van der Waals surface area contributed by atoms with Gasteiger partial charge in [-0.05, 0) is 60.9 Å². The summed E-state index contributed by atoms with van der Waals surface area (Å²) in [6, 6.07) is 14.8. The smallest absolute Gasteiger partial charge is 0.274 e. The van der Waals surface area contributed by atoms with Crippen molar-refractivity contribution in [2.45, 2.75) is 43.2 Å². The molecule has 6 rings (SSSR count). The van der Waals surface area contributed by atoms with Gasteiger partial charge in [0.1, 0.15) is 48.2 Å². The Labute approximate surface area is 270 Å². The quantitative estimate of drug-likeness (QED) is 0.139. The van der Waals surface area contributed by atoms with Crippen LogP contribution in [0.25, 0.3) is 21.7 Å². The number of alkyl halides is 1. The van der Waals surface area contributed by atoms with E-state index in [-0.39, 0.29) is 30.0 Å². The van der Waals surface area contributed by atoms with Crippen LogP contribution >= 0.6 is 11.6 Å². The molecule has 3 heterocycles. The molecule has 7 N–H and O–H groups in total. The second-order valence-corrected chi connectivity index (χ2v) is 12.4. The fourth-order valence-electron chi connectivity index (χ4n) is 6.15. The third-order valence-corrected chi connectivity index (χ3v) is 9.05. The summed E-state index contributed by atoms with van der Waals surface area (Å²) in [7, 11) is 3.96. The van der Waals surface area contributed by atoms with Crippen molar-refractivity contribution in [1.29, 1.82) is 0 Å². The van der Waals surface area contributed by atoms with Crippen LogP contribution in [0.3, 0.4) is 0 Å². The molecule has 0 spiro atoms. The van der Waals surface area contributed by atoms with Crippen LogP contribution in [0, 0.1) is 0 Å². The maximum absolute atomic E-state index is 14.1. The molecular weight excluding hydrogens is 616 g/mol. The molecule has 0 saturated carbocycles. The number of benzene rings is 3. The third-order valence-electron chi connectivity index (χ3n) is 8.67. The van der Waals surface area contributed by atoms with Gasteiger partial charge >= 0.3 is 0 Å². The van der Waals surface area contributed by atoms with Gasteiger partial charge in [-0.1, -0.05) is 12.1 Å². The van der Waals surface area contributed by atoms with Crippen molar-refractivity contribution in [2.24, 2.45) is 5.73 Å². The summed E-state index contributed by atoms with van der Waals surface area (Å²) in [4.78, 5) is 21.1. The second-order valence-electron chi connectivity index (χ2n) is 12.1. The number of nitrogens with one attached hydrogen (secondary N) is 1. The molecule has 3 aromatic carbocycles. The minimum atomic E-state index is -1.61. The van der Waals surface area contributed by atoms with Crippen molar-refractivity contribution >= 4 is 44.9 Å². The number of likely N-dealkylation sites (N-methyl/N-ethyl adjacent to an activating group) is 1. The number of fused-ring (bicyclic) bond motifs is 4. The van der Waals surface area contributed by atoms with Crippen LogP contribution in [0.5, 0.6) is 11.5 Å². The Bertz CT molecular complexity index is 1730. The molecule has 4 aromatic rings. The van der Waals surface area contributed by atoms with Crippen molar-refractivity contribution < 1.29 is 39.4 Å². The normalized spacial score (nSPS) is 24.6. The Hall–Kier alpha value is -3.46. The van der Waals surface area contributed by atoms with Gasteiger partial charge in [-0.25, -0.2) is 0 Å². The minimum absolute atomic E-state index is 0.196. The maximum Gasteiger partial charge on any atom is 0.274 e. The molecule has 46 heavy (non-hydrogen) atoms. The van der Waals surface area contributed by atoms with Crippen molar-refractivity contribution in [1.82, 2.24) is 9.88 Å². The number of nitrogens with two attached hydrogens (primary N) is 1. The maximum atomic E-state index is 14.1. The van der Waals surface area contributed by atoms with Gasteiger partial charge in [0.25, 0.3) is 5.91 Å². The van der Waals surface area contributed by atoms with Crippen molar-refractivity contribution in [3.63, 3.8) is 0 Å². The number of carbonyl (C=O) groups excluding carboxylic acids is 1. The van der Waals surface area contributed by atoms with Gasteiger partial charge in [0.15, 0.2) is 0 Å². The molecule has 1 saturated heterocycles. The van der Waals surface area contributed by atoms with E-state index in [1.807, 2.05) is 55.4 Å². The third kappa shape index (κ3) is 6.03. The molecule has 12 nitrogen and oxygen atoms in total. The first-order valence-electron chi connectivity index (χ1n) is 15.2. The number of nitrogens with zero attached hydrogens (tertiary/aromatic N) is 2.